The predicted octanol–water partition coefficient (Wildman–Crippen LogP) is 10.1. The predicted molar refractivity (Wildman–Crippen MR) is 161 cm³/mol. The standard InChI is InChI=1S/C30H18Cl4N2O4/c1-37-25-13-23-27(11-21(25)33)39-29(35-23)17-7-5-15(19(31)9-17)3-4-16-6-8-18(10-20(16)32)30-36-24-14-26(38-2)22(34)12-28(24)40-30/h3-14H,1-2H3. The first kappa shape index (κ1) is 26.5. The summed E-state index contributed by atoms with van der Waals surface area (Å²) in [5.74, 6) is 1.91. The molecule has 0 aliphatic heterocycles. The zero-order valence-corrected chi connectivity index (χ0v) is 24.0. The average Bonchev–Trinajstić information content (AvgIpc) is 3.55. The maximum absolute atomic E-state index is 6.60. The molecule has 6 rings (SSSR count). The van der Waals surface area contributed by atoms with E-state index in [2.05, 4.69) is 9.97 Å². The van der Waals surface area contributed by atoms with Crippen LogP contribution in [-0.2, 0) is 0 Å². The van der Waals surface area contributed by atoms with E-state index in [-0.39, 0.29) is 0 Å². The first-order valence-electron chi connectivity index (χ1n) is 11.9. The smallest absolute Gasteiger partial charge is 0.227 e. The molecule has 0 atom stereocenters. The molecule has 2 heterocycles. The molecule has 6 nitrogen and oxygen atoms in total. The fourth-order valence-corrected chi connectivity index (χ4v) is 5.14. The number of halogens is 4. The van der Waals surface area contributed by atoms with E-state index in [1.54, 1.807) is 50.6 Å². The number of fused-ring (bicyclic) bond motifs is 2. The van der Waals surface area contributed by atoms with Gasteiger partial charge in [0.25, 0.3) is 0 Å². The van der Waals surface area contributed by atoms with Gasteiger partial charge in [0.1, 0.15) is 22.5 Å². The van der Waals surface area contributed by atoms with E-state index in [0.717, 1.165) is 22.3 Å². The van der Waals surface area contributed by atoms with Gasteiger partial charge >= 0.3 is 0 Å². The highest BCUT2D eigenvalue weighted by Crippen LogP contribution is 2.36. The van der Waals surface area contributed by atoms with Gasteiger partial charge < -0.3 is 18.3 Å². The van der Waals surface area contributed by atoms with E-state index in [1.165, 1.54) is 0 Å². The molecule has 0 aliphatic rings. The van der Waals surface area contributed by atoms with E-state index in [1.807, 2.05) is 36.4 Å². The molecule has 4 aromatic carbocycles. The normalized spacial score (nSPS) is 11.7. The Kier molecular flexibility index (Phi) is 7.11. The fourth-order valence-electron chi connectivity index (χ4n) is 4.19. The second kappa shape index (κ2) is 10.7. The Balaban J connectivity index is 1.24. The number of methoxy groups -OCH3 is 2. The summed E-state index contributed by atoms with van der Waals surface area (Å²) < 4.78 is 22.3. The van der Waals surface area contributed by atoms with Gasteiger partial charge in [0, 0.05) is 45.4 Å². The first-order chi connectivity index (χ1) is 19.3. The van der Waals surface area contributed by atoms with Gasteiger partial charge in [-0.05, 0) is 35.4 Å². The van der Waals surface area contributed by atoms with Crippen molar-refractivity contribution in [2.24, 2.45) is 0 Å². The quantitative estimate of drug-likeness (QED) is 0.174. The minimum atomic E-state index is 0.426. The van der Waals surface area contributed by atoms with Crippen molar-refractivity contribution in [1.82, 2.24) is 9.97 Å². The van der Waals surface area contributed by atoms with Gasteiger partial charge in [-0.3, -0.25) is 0 Å². The summed E-state index contributed by atoms with van der Waals surface area (Å²) in [4.78, 5) is 9.09. The second-order valence-corrected chi connectivity index (χ2v) is 10.4. The third-order valence-electron chi connectivity index (χ3n) is 6.26. The maximum Gasteiger partial charge on any atom is 0.227 e. The summed E-state index contributed by atoms with van der Waals surface area (Å²) in [5, 5.41) is 1.95. The number of nitrogens with zero attached hydrogens (tertiary/aromatic N) is 2. The summed E-state index contributed by atoms with van der Waals surface area (Å²) in [5.41, 5.74) is 5.45. The van der Waals surface area contributed by atoms with Crippen LogP contribution in [0.15, 0.2) is 69.5 Å². The minimum Gasteiger partial charge on any atom is -0.495 e. The van der Waals surface area contributed by atoms with Crippen LogP contribution in [0.5, 0.6) is 11.5 Å². The van der Waals surface area contributed by atoms with Crippen LogP contribution in [0.3, 0.4) is 0 Å². The Morgan fingerprint density at radius 1 is 0.575 bits per heavy atom. The van der Waals surface area contributed by atoms with Gasteiger partial charge in [-0.15, -0.1) is 0 Å². The zero-order chi connectivity index (χ0) is 28.0. The zero-order valence-electron chi connectivity index (χ0n) is 21.0. The molecule has 0 aliphatic carbocycles. The summed E-state index contributed by atoms with van der Waals surface area (Å²) in [6.45, 7) is 0. The van der Waals surface area contributed by atoms with E-state index < -0.39 is 0 Å². The summed E-state index contributed by atoms with van der Waals surface area (Å²) in [6, 6.07) is 17.9. The van der Waals surface area contributed by atoms with E-state index in [0.29, 0.717) is 65.6 Å². The molecule has 0 unspecified atom stereocenters. The van der Waals surface area contributed by atoms with E-state index in [4.69, 9.17) is 64.7 Å². The van der Waals surface area contributed by atoms with Crippen molar-refractivity contribution in [1.29, 1.82) is 0 Å². The molecule has 2 aromatic heterocycles. The number of oxazole rings is 2. The lowest BCUT2D eigenvalue weighted by Gasteiger charge is -2.03. The minimum absolute atomic E-state index is 0.426. The Hall–Kier alpha value is -3.68. The molecule has 0 saturated heterocycles. The number of aromatic nitrogens is 2. The maximum atomic E-state index is 6.60. The highest BCUT2D eigenvalue weighted by Gasteiger charge is 2.15. The fraction of sp³-hybridized carbons (Fsp3) is 0.0667. The largest absolute Gasteiger partial charge is 0.495 e. The molecule has 0 bridgehead atoms. The molecule has 10 heteroatoms. The molecule has 0 radical (unpaired) electrons. The van der Waals surface area contributed by atoms with Crippen LogP contribution in [0.25, 0.3) is 57.3 Å². The molecule has 0 N–H and O–H groups in total. The van der Waals surface area contributed by atoms with Gasteiger partial charge in [-0.25, -0.2) is 9.97 Å². The molecule has 200 valence electrons. The summed E-state index contributed by atoms with van der Waals surface area (Å²) in [6.07, 6.45) is 3.77. The number of benzene rings is 4. The number of rotatable bonds is 6. The monoisotopic (exact) mass is 610 g/mol. The molecule has 0 fully saturated rings. The molecular weight excluding hydrogens is 594 g/mol. The third-order valence-corrected chi connectivity index (χ3v) is 7.51. The highest BCUT2D eigenvalue weighted by molar-refractivity contribution is 6.34. The van der Waals surface area contributed by atoms with Gasteiger partial charge in [0.15, 0.2) is 11.2 Å². The van der Waals surface area contributed by atoms with Crippen LogP contribution < -0.4 is 9.47 Å². The van der Waals surface area contributed by atoms with Gasteiger partial charge in [0.05, 0.1) is 24.3 Å². The average molecular weight is 612 g/mol. The topological polar surface area (TPSA) is 70.5 Å². The van der Waals surface area contributed by atoms with Crippen molar-refractivity contribution >= 4 is 80.8 Å². The third kappa shape index (κ3) is 5.00. The van der Waals surface area contributed by atoms with Crippen LogP contribution in [-0.4, -0.2) is 24.2 Å². The van der Waals surface area contributed by atoms with Crippen LogP contribution in [0, 0.1) is 0 Å². The van der Waals surface area contributed by atoms with Gasteiger partial charge in [-0.1, -0.05) is 70.7 Å². The Morgan fingerprint density at radius 3 is 1.38 bits per heavy atom. The molecule has 0 spiro atoms. The van der Waals surface area contributed by atoms with Crippen LogP contribution in [0.2, 0.25) is 20.1 Å². The lowest BCUT2D eigenvalue weighted by Crippen LogP contribution is -1.84. The lowest BCUT2D eigenvalue weighted by molar-refractivity contribution is 0.415. The van der Waals surface area contributed by atoms with Crippen molar-refractivity contribution in [3.63, 3.8) is 0 Å². The highest BCUT2D eigenvalue weighted by atomic mass is 35.5. The van der Waals surface area contributed by atoms with Crippen molar-refractivity contribution < 1.29 is 18.3 Å². The molecule has 0 saturated carbocycles. The number of hydrogen-bond donors (Lipinski definition) is 0. The summed E-state index contributed by atoms with van der Waals surface area (Å²) in [7, 11) is 3.10. The molecule has 40 heavy (non-hydrogen) atoms. The van der Waals surface area contributed by atoms with E-state index in [9.17, 15) is 0 Å². The van der Waals surface area contributed by atoms with Crippen molar-refractivity contribution in [3.8, 4) is 34.4 Å². The second-order valence-electron chi connectivity index (χ2n) is 8.75. The number of ether oxygens (including phenoxy) is 2. The molecule has 0 amide bonds. The first-order valence-corrected chi connectivity index (χ1v) is 13.4. The number of hydrogen-bond acceptors (Lipinski definition) is 6. The van der Waals surface area contributed by atoms with Crippen LogP contribution in [0.4, 0.5) is 0 Å². The van der Waals surface area contributed by atoms with E-state index >= 15 is 0 Å². The molecular formula is C30H18Cl4N2O4. The Labute approximate surface area is 248 Å². The SMILES string of the molecule is COc1cc2nc(-c3ccc(C=Cc4ccc(-c5nc6cc(OC)c(Cl)cc6o5)cc4Cl)c(Cl)c3)oc2cc1Cl. The summed E-state index contributed by atoms with van der Waals surface area (Å²) >= 11 is 25.6. The van der Waals surface area contributed by atoms with Gasteiger partial charge in [-0.2, -0.15) is 0 Å². The van der Waals surface area contributed by atoms with Crippen molar-refractivity contribution in [3.05, 3.63) is 91.9 Å². The van der Waals surface area contributed by atoms with Crippen LogP contribution >= 0.6 is 46.4 Å². The van der Waals surface area contributed by atoms with Crippen molar-refractivity contribution in [2.75, 3.05) is 14.2 Å². The van der Waals surface area contributed by atoms with Crippen molar-refractivity contribution in [2.45, 2.75) is 0 Å². The lowest BCUT2D eigenvalue weighted by atomic mass is 10.1. The Morgan fingerprint density at radius 2 is 1.00 bits per heavy atom. The van der Waals surface area contributed by atoms with Gasteiger partial charge in [0.2, 0.25) is 11.8 Å². The molecule has 6 aromatic rings. The van der Waals surface area contributed by atoms with Crippen LogP contribution in [0.1, 0.15) is 11.1 Å². The Bertz CT molecular complexity index is 1800.